The van der Waals surface area contributed by atoms with E-state index in [0.717, 1.165) is 0 Å². The Morgan fingerprint density at radius 1 is 1.24 bits per heavy atom. The predicted molar refractivity (Wildman–Crippen MR) is 82.3 cm³/mol. The Kier molecular flexibility index (Phi) is 4.32. The van der Waals surface area contributed by atoms with Crippen molar-refractivity contribution >= 4 is 40.3 Å². The molecule has 0 heterocycles. The maximum Gasteiger partial charge on any atom is 0.272 e. The number of para-hydroxylation sites is 1. The minimum Gasteiger partial charge on any atom is -0.341 e. The number of hydrogen-bond donors (Lipinski definition) is 0. The second-order valence-corrected chi connectivity index (χ2v) is 5.02. The fourth-order valence-electron chi connectivity index (χ4n) is 1.96. The number of nitrogens with zero attached hydrogens (tertiary/aromatic N) is 3. The zero-order chi connectivity index (χ0) is 15.6. The zero-order valence-corrected chi connectivity index (χ0v) is 12.4. The summed E-state index contributed by atoms with van der Waals surface area (Å²) in [5.74, 6) is 0. The van der Waals surface area contributed by atoms with Crippen LogP contribution in [-0.4, -0.2) is 12.0 Å². The molecule has 0 saturated carbocycles. The van der Waals surface area contributed by atoms with Crippen LogP contribution in [0.5, 0.6) is 0 Å². The van der Waals surface area contributed by atoms with Gasteiger partial charge in [0.25, 0.3) is 5.69 Å². The van der Waals surface area contributed by atoms with Gasteiger partial charge in [0.1, 0.15) is 6.07 Å². The first-order chi connectivity index (χ1) is 9.95. The standard InChI is InChI=1S/C14H9Cl2N3O2/c1-18(13-5-3-2-4-9(13)8-17)14-11(15)6-10(19(20)21)7-12(14)16/h2-7H,1H3. The van der Waals surface area contributed by atoms with Crippen molar-refractivity contribution in [2.45, 2.75) is 0 Å². The molecule has 2 rings (SSSR count). The van der Waals surface area contributed by atoms with E-state index in [1.807, 2.05) is 0 Å². The maximum absolute atomic E-state index is 10.8. The summed E-state index contributed by atoms with van der Waals surface area (Å²) in [6.07, 6.45) is 0. The van der Waals surface area contributed by atoms with E-state index in [4.69, 9.17) is 28.5 Å². The fraction of sp³-hybridized carbons (Fsp3) is 0.0714. The number of anilines is 2. The number of nitro benzene ring substituents is 1. The van der Waals surface area contributed by atoms with Gasteiger partial charge in [-0.25, -0.2) is 0 Å². The third-order valence-electron chi connectivity index (χ3n) is 2.93. The summed E-state index contributed by atoms with van der Waals surface area (Å²) in [5, 5.41) is 20.2. The van der Waals surface area contributed by atoms with E-state index < -0.39 is 4.92 Å². The van der Waals surface area contributed by atoms with Gasteiger partial charge in [0.05, 0.1) is 31.9 Å². The number of halogens is 2. The van der Waals surface area contributed by atoms with Gasteiger partial charge in [-0.2, -0.15) is 5.26 Å². The average molecular weight is 322 g/mol. The third-order valence-corrected chi connectivity index (χ3v) is 3.51. The third kappa shape index (κ3) is 2.92. The largest absolute Gasteiger partial charge is 0.341 e. The van der Waals surface area contributed by atoms with Crippen LogP contribution in [-0.2, 0) is 0 Å². The highest BCUT2D eigenvalue weighted by Gasteiger charge is 2.19. The molecule has 106 valence electrons. The first-order valence-electron chi connectivity index (χ1n) is 5.82. The van der Waals surface area contributed by atoms with Crippen LogP contribution in [0.25, 0.3) is 0 Å². The highest BCUT2D eigenvalue weighted by molar-refractivity contribution is 6.39. The summed E-state index contributed by atoms with van der Waals surface area (Å²) in [6.45, 7) is 0. The molecule has 2 aromatic carbocycles. The molecule has 0 aliphatic carbocycles. The summed E-state index contributed by atoms with van der Waals surface area (Å²) in [5.41, 5.74) is 1.28. The summed E-state index contributed by atoms with van der Waals surface area (Å²) in [7, 11) is 1.69. The zero-order valence-electron chi connectivity index (χ0n) is 10.9. The molecule has 0 fully saturated rings. The van der Waals surface area contributed by atoms with Gasteiger partial charge >= 0.3 is 0 Å². The van der Waals surface area contributed by atoms with Crippen LogP contribution in [0, 0.1) is 21.4 Å². The molecule has 0 radical (unpaired) electrons. The molecular weight excluding hydrogens is 313 g/mol. The first-order valence-corrected chi connectivity index (χ1v) is 6.57. The van der Waals surface area contributed by atoms with Crippen molar-refractivity contribution in [1.82, 2.24) is 0 Å². The van der Waals surface area contributed by atoms with E-state index >= 15 is 0 Å². The van der Waals surface area contributed by atoms with Gasteiger partial charge in [0, 0.05) is 19.2 Å². The van der Waals surface area contributed by atoms with E-state index in [-0.39, 0.29) is 15.7 Å². The van der Waals surface area contributed by atoms with Crippen LogP contribution in [0.1, 0.15) is 5.56 Å². The van der Waals surface area contributed by atoms with Gasteiger partial charge in [-0.1, -0.05) is 35.3 Å². The molecule has 0 aliphatic heterocycles. The number of non-ortho nitro benzene ring substituents is 1. The minimum atomic E-state index is -0.565. The van der Waals surface area contributed by atoms with E-state index in [0.29, 0.717) is 16.9 Å². The number of hydrogen-bond acceptors (Lipinski definition) is 4. The second kappa shape index (κ2) is 6.00. The lowest BCUT2D eigenvalue weighted by atomic mass is 10.1. The summed E-state index contributed by atoms with van der Waals surface area (Å²) >= 11 is 12.2. The second-order valence-electron chi connectivity index (χ2n) is 4.20. The normalized spacial score (nSPS) is 10.0. The maximum atomic E-state index is 10.8. The highest BCUT2D eigenvalue weighted by atomic mass is 35.5. The van der Waals surface area contributed by atoms with E-state index in [1.165, 1.54) is 12.1 Å². The SMILES string of the molecule is CN(c1ccccc1C#N)c1c(Cl)cc([N+](=O)[O-])cc1Cl. The molecule has 2 aromatic rings. The summed E-state index contributed by atoms with van der Waals surface area (Å²) < 4.78 is 0. The number of nitriles is 1. The Balaban J connectivity index is 2.57. The Hall–Kier alpha value is -2.29. The molecule has 0 amide bonds. The number of rotatable bonds is 3. The van der Waals surface area contributed by atoms with Gasteiger partial charge in [0.15, 0.2) is 0 Å². The highest BCUT2D eigenvalue weighted by Crippen LogP contribution is 2.40. The van der Waals surface area contributed by atoms with Crippen molar-refractivity contribution in [2.75, 3.05) is 11.9 Å². The lowest BCUT2D eigenvalue weighted by molar-refractivity contribution is -0.384. The van der Waals surface area contributed by atoms with Crippen molar-refractivity contribution in [3.63, 3.8) is 0 Å². The van der Waals surface area contributed by atoms with Crippen LogP contribution in [0.4, 0.5) is 17.1 Å². The van der Waals surface area contributed by atoms with Crippen molar-refractivity contribution in [3.8, 4) is 6.07 Å². The molecule has 5 nitrogen and oxygen atoms in total. The van der Waals surface area contributed by atoms with Crippen molar-refractivity contribution in [1.29, 1.82) is 5.26 Å². The van der Waals surface area contributed by atoms with Gasteiger partial charge in [-0.05, 0) is 12.1 Å². The molecule has 0 aromatic heterocycles. The van der Waals surface area contributed by atoms with Gasteiger partial charge in [0.2, 0.25) is 0 Å². The molecular formula is C14H9Cl2N3O2. The smallest absolute Gasteiger partial charge is 0.272 e. The minimum absolute atomic E-state index is 0.143. The predicted octanol–water partition coefficient (Wildman–Crippen LogP) is 4.54. The molecule has 0 N–H and O–H groups in total. The summed E-state index contributed by atoms with van der Waals surface area (Å²) in [6, 6.07) is 11.5. The van der Waals surface area contributed by atoms with Gasteiger partial charge < -0.3 is 4.90 Å². The quantitative estimate of drug-likeness (QED) is 0.614. The van der Waals surface area contributed by atoms with Crippen molar-refractivity contribution in [2.24, 2.45) is 0 Å². The summed E-state index contributed by atoms with van der Waals surface area (Å²) in [4.78, 5) is 11.9. The number of benzene rings is 2. The molecule has 0 saturated heterocycles. The van der Waals surface area contributed by atoms with Crippen molar-refractivity contribution < 1.29 is 4.92 Å². The molecule has 0 atom stereocenters. The Bertz CT molecular complexity index is 733. The lowest BCUT2D eigenvalue weighted by Gasteiger charge is -2.22. The van der Waals surface area contributed by atoms with E-state index in [1.54, 1.807) is 36.2 Å². The Labute approximate surface area is 131 Å². The average Bonchev–Trinajstić information content (AvgIpc) is 2.46. The molecule has 7 heteroatoms. The lowest BCUT2D eigenvalue weighted by Crippen LogP contribution is -2.12. The topological polar surface area (TPSA) is 70.2 Å². The number of nitro groups is 1. The van der Waals surface area contributed by atoms with Crippen molar-refractivity contribution in [3.05, 3.63) is 62.1 Å². The monoisotopic (exact) mass is 321 g/mol. The Morgan fingerprint density at radius 3 is 2.33 bits per heavy atom. The van der Waals surface area contributed by atoms with Crippen LogP contribution in [0.3, 0.4) is 0 Å². The molecule has 0 unspecified atom stereocenters. The Morgan fingerprint density at radius 2 is 1.81 bits per heavy atom. The van der Waals surface area contributed by atoms with Crippen LogP contribution < -0.4 is 4.90 Å². The van der Waals surface area contributed by atoms with Crippen LogP contribution in [0.2, 0.25) is 10.0 Å². The molecule has 0 aliphatic rings. The fourth-order valence-corrected chi connectivity index (χ4v) is 2.69. The van der Waals surface area contributed by atoms with Gasteiger partial charge in [-0.15, -0.1) is 0 Å². The molecule has 21 heavy (non-hydrogen) atoms. The van der Waals surface area contributed by atoms with Crippen LogP contribution >= 0.6 is 23.2 Å². The van der Waals surface area contributed by atoms with E-state index in [9.17, 15) is 10.1 Å². The molecule has 0 bridgehead atoms. The van der Waals surface area contributed by atoms with Gasteiger partial charge in [-0.3, -0.25) is 10.1 Å². The molecule has 0 spiro atoms. The van der Waals surface area contributed by atoms with Crippen LogP contribution in [0.15, 0.2) is 36.4 Å². The first kappa shape index (κ1) is 15.1. The van der Waals surface area contributed by atoms with E-state index in [2.05, 4.69) is 6.07 Å².